The van der Waals surface area contributed by atoms with E-state index in [0.29, 0.717) is 24.1 Å². The highest BCUT2D eigenvalue weighted by Crippen LogP contribution is 2.39. The molecule has 1 unspecified atom stereocenters. The van der Waals surface area contributed by atoms with Crippen LogP contribution < -0.4 is 11.1 Å². The van der Waals surface area contributed by atoms with Crippen LogP contribution in [-0.4, -0.2) is 28.7 Å². The van der Waals surface area contributed by atoms with Gasteiger partial charge in [0.1, 0.15) is 5.69 Å². The molecule has 110 valence electrons. The van der Waals surface area contributed by atoms with Gasteiger partial charge in [0.05, 0.1) is 0 Å². The van der Waals surface area contributed by atoms with Crippen LogP contribution in [0.3, 0.4) is 0 Å². The second-order valence-electron chi connectivity index (χ2n) is 6.20. The molecule has 0 bridgehead atoms. The second-order valence-corrected chi connectivity index (χ2v) is 6.20. The molecule has 0 saturated heterocycles. The van der Waals surface area contributed by atoms with Gasteiger partial charge in [0, 0.05) is 24.2 Å². The molecule has 2 fully saturated rings. The average molecular weight is 276 g/mol. The van der Waals surface area contributed by atoms with Crippen molar-refractivity contribution in [3.8, 4) is 0 Å². The minimum absolute atomic E-state index is 0.0869. The zero-order chi connectivity index (χ0) is 13.9. The SMILES string of the molecule is NCC(NC(=O)c1cc(C2CC2)[nH]n1)C1CCCCC1. The Labute approximate surface area is 119 Å². The molecule has 0 radical (unpaired) electrons. The van der Waals surface area contributed by atoms with Crippen LogP contribution in [0, 0.1) is 5.92 Å². The molecule has 2 aliphatic rings. The molecule has 1 amide bonds. The fourth-order valence-electron chi connectivity index (χ4n) is 3.20. The number of hydrogen-bond acceptors (Lipinski definition) is 3. The van der Waals surface area contributed by atoms with E-state index in [2.05, 4.69) is 15.5 Å². The molecule has 1 aromatic heterocycles. The number of nitrogens with two attached hydrogens (primary N) is 1. The van der Waals surface area contributed by atoms with Gasteiger partial charge in [-0.15, -0.1) is 0 Å². The van der Waals surface area contributed by atoms with Crippen LogP contribution in [0.4, 0.5) is 0 Å². The van der Waals surface area contributed by atoms with E-state index in [1.165, 1.54) is 44.9 Å². The molecule has 4 N–H and O–H groups in total. The summed E-state index contributed by atoms with van der Waals surface area (Å²) in [6, 6.07) is 1.98. The van der Waals surface area contributed by atoms with Crippen molar-refractivity contribution in [3.05, 3.63) is 17.5 Å². The summed E-state index contributed by atoms with van der Waals surface area (Å²) in [6.45, 7) is 0.510. The topological polar surface area (TPSA) is 83.8 Å². The van der Waals surface area contributed by atoms with Crippen molar-refractivity contribution in [1.29, 1.82) is 0 Å². The van der Waals surface area contributed by atoms with Crippen LogP contribution in [0.5, 0.6) is 0 Å². The lowest BCUT2D eigenvalue weighted by molar-refractivity contribution is 0.0910. The summed E-state index contributed by atoms with van der Waals surface area (Å²) in [6.07, 6.45) is 8.59. The Bertz CT molecular complexity index is 460. The summed E-state index contributed by atoms with van der Waals surface area (Å²) in [5.41, 5.74) is 7.45. The van der Waals surface area contributed by atoms with E-state index in [1.807, 2.05) is 6.07 Å². The molecule has 3 rings (SSSR count). The monoisotopic (exact) mass is 276 g/mol. The first-order chi connectivity index (χ1) is 9.78. The fourth-order valence-corrected chi connectivity index (χ4v) is 3.20. The second kappa shape index (κ2) is 5.95. The molecule has 2 aliphatic carbocycles. The van der Waals surface area contributed by atoms with E-state index in [0.717, 1.165) is 5.69 Å². The summed E-state index contributed by atoms with van der Waals surface area (Å²) in [5.74, 6) is 1.03. The molecule has 5 nitrogen and oxygen atoms in total. The Morgan fingerprint density at radius 2 is 2.10 bits per heavy atom. The lowest BCUT2D eigenvalue weighted by atomic mass is 9.84. The Kier molecular flexibility index (Phi) is 4.05. The largest absolute Gasteiger partial charge is 0.346 e. The van der Waals surface area contributed by atoms with Crippen molar-refractivity contribution >= 4 is 5.91 Å². The maximum atomic E-state index is 12.3. The van der Waals surface area contributed by atoms with Crippen molar-refractivity contribution in [2.45, 2.75) is 56.9 Å². The summed E-state index contributed by atoms with van der Waals surface area (Å²) in [4.78, 5) is 12.3. The van der Waals surface area contributed by atoms with Crippen LogP contribution in [0.1, 0.15) is 67.0 Å². The predicted octanol–water partition coefficient (Wildman–Crippen LogP) is 1.92. The predicted molar refractivity (Wildman–Crippen MR) is 77.4 cm³/mol. The highest BCUT2D eigenvalue weighted by molar-refractivity contribution is 5.92. The van der Waals surface area contributed by atoms with Gasteiger partial charge in [-0.2, -0.15) is 5.10 Å². The number of carbonyl (C=O) groups excluding carboxylic acids is 1. The Hall–Kier alpha value is -1.36. The van der Waals surface area contributed by atoms with E-state index < -0.39 is 0 Å². The third kappa shape index (κ3) is 3.03. The van der Waals surface area contributed by atoms with E-state index in [-0.39, 0.29) is 11.9 Å². The van der Waals surface area contributed by atoms with Gasteiger partial charge in [-0.25, -0.2) is 0 Å². The van der Waals surface area contributed by atoms with Crippen molar-refractivity contribution < 1.29 is 4.79 Å². The average Bonchev–Trinajstić information content (AvgIpc) is 3.22. The van der Waals surface area contributed by atoms with Gasteiger partial charge in [0.2, 0.25) is 0 Å². The van der Waals surface area contributed by atoms with Crippen molar-refractivity contribution in [2.75, 3.05) is 6.54 Å². The lowest BCUT2D eigenvalue weighted by Gasteiger charge is -2.29. The summed E-state index contributed by atoms with van der Waals surface area (Å²) in [5, 5.41) is 10.2. The third-order valence-electron chi connectivity index (χ3n) is 4.64. The fraction of sp³-hybridized carbons (Fsp3) is 0.733. The zero-order valence-corrected chi connectivity index (χ0v) is 11.9. The molecule has 1 atom stereocenters. The molecular formula is C15H24N4O. The number of aromatic amines is 1. The summed E-state index contributed by atoms with van der Waals surface area (Å²) < 4.78 is 0. The van der Waals surface area contributed by atoms with Crippen LogP contribution in [0.15, 0.2) is 6.07 Å². The molecule has 0 aromatic carbocycles. The molecule has 0 spiro atoms. The summed E-state index contributed by atoms with van der Waals surface area (Å²) in [7, 11) is 0. The normalized spacial score (nSPS) is 21.6. The number of amides is 1. The first-order valence-electron chi connectivity index (χ1n) is 7.84. The van der Waals surface area contributed by atoms with Crippen molar-refractivity contribution in [1.82, 2.24) is 15.5 Å². The third-order valence-corrected chi connectivity index (χ3v) is 4.64. The maximum Gasteiger partial charge on any atom is 0.272 e. The highest BCUT2D eigenvalue weighted by atomic mass is 16.2. The van der Waals surface area contributed by atoms with Crippen molar-refractivity contribution in [2.24, 2.45) is 11.7 Å². The Morgan fingerprint density at radius 1 is 1.35 bits per heavy atom. The standard InChI is InChI=1S/C15H24N4O/c16-9-14(10-4-2-1-3-5-10)17-15(20)13-8-12(18-19-13)11-6-7-11/h8,10-11,14H,1-7,9,16H2,(H,17,20)(H,18,19). The van der Waals surface area contributed by atoms with Crippen molar-refractivity contribution in [3.63, 3.8) is 0 Å². The van der Waals surface area contributed by atoms with Gasteiger partial charge in [0.25, 0.3) is 5.91 Å². The van der Waals surface area contributed by atoms with Gasteiger partial charge in [0.15, 0.2) is 0 Å². The molecule has 2 saturated carbocycles. The van der Waals surface area contributed by atoms with E-state index in [4.69, 9.17) is 5.73 Å². The molecule has 20 heavy (non-hydrogen) atoms. The van der Waals surface area contributed by atoms with Gasteiger partial charge < -0.3 is 11.1 Å². The Balaban J connectivity index is 1.60. The molecule has 1 aromatic rings. The van der Waals surface area contributed by atoms with E-state index >= 15 is 0 Å². The minimum Gasteiger partial charge on any atom is -0.346 e. The number of hydrogen-bond donors (Lipinski definition) is 3. The highest BCUT2D eigenvalue weighted by Gasteiger charge is 2.28. The van der Waals surface area contributed by atoms with Gasteiger partial charge in [-0.1, -0.05) is 19.3 Å². The smallest absolute Gasteiger partial charge is 0.272 e. The summed E-state index contributed by atoms with van der Waals surface area (Å²) >= 11 is 0. The number of H-pyrrole nitrogens is 1. The van der Waals surface area contributed by atoms with Crippen LogP contribution >= 0.6 is 0 Å². The zero-order valence-electron chi connectivity index (χ0n) is 11.9. The lowest BCUT2D eigenvalue weighted by Crippen LogP contribution is -2.46. The quantitative estimate of drug-likeness (QED) is 0.768. The van der Waals surface area contributed by atoms with E-state index in [9.17, 15) is 4.79 Å². The van der Waals surface area contributed by atoms with Gasteiger partial charge in [-0.3, -0.25) is 9.89 Å². The van der Waals surface area contributed by atoms with Crippen LogP contribution in [0.2, 0.25) is 0 Å². The van der Waals surface area contributed by atoms with E-state index in [1.54, 1.807) is 0 Å². The maximum absolute atomic E-state index is 12.3. The molecular weight excluding hydrogens is 252 g/mol. The number of carbonyl (C=O) groups is 1. The van der Waals surface area contributed by atoms with Crippen LogP contribution in [-0.2, 0) is 0 Å². The van der Waals surface area contributed by atoms with Crippen LogP contribution in [0.25, 0.3) is 0 Å². The number of nitrogens with zero attached hydrogens (tertiary/aromatic N) is 1. The number of rotatable bonds is 5. The minimum atomic E-state index is -0.0887. The molecule has 1 heterocycles. The first kappa shape index (κ1) is 13.6. The molecule has 0 aliphatic heterocycles. The Morgan fingerprint density at radius 3 is 2.75 bits per heavy atom. The number of aromatic nitrogens is 2. The number of nitrogens with one attached hydrogen (secondary N) is 2. The van der Waals surface area contributed by atoms with Gasteiger partial charge >= 0.3 is 0 Å². The first-order valence-corrected chi connectivity index (χ1v) is 7.84. The van der Waals surface area contributed by atoms with Gasteiger partial charge in [-0.05, 0) is 37.7 Å². The molecule has 5 heteroatoms.